The predicted octanol–water partition coefficient (Wildman–Crippen LogP) is 1.49. The molecule has 3 heteroatoms. The molecule has 0 radical (unpaired) electrons. The molecule has 0 amide bonds. The van der Waals surface area contributed by atoms with Crippen molar-refractivity contribution in [2.75, 3.05) is 39.9 Å². The Morgan fingerprint density at radius 1 is 1.25 bits per heavy atom. The van der Waals surface area contributed by atoms with Gasteiger partial charge in [-0.1, -0.05) is 0 Å². The van der Waals surface area contributed by atoms with Crippen LogP contribution in [-0.4, -0.2) is 50.8 Å². The number of hydrogen-bond donors (Lipinski definition) is 1. The number of piperidine rings is 1. The van der Waals surface area contributed by atoms with Crippen LogP contribution < -0.4 is 5.32 Å². The number of methoxy groups -OCH3 is 1. The second-order valence-corrected chi connectivity index (χ2v) is 5.23. The third kappa shape index (κ3) is 3.44. The first-order valence-corrected chi connectivity index (χ1v) is 6.85. The molecule has 1 N–H and O–H groups in total. The van der Waals surface area contributed by atoms with Crippen molar-refractivity contribution in [1.82, 2.24) is 10.2 Å². The smallest absolute Gasteiger partial charge is 0.0474 e. The van der Waals surface area contributed by atoms with Gasteiger partial charge in [0.25, 0.3) is 0 Å². The summed E-state index contributed by atoms with van der Waals surface area (Å²) >= 11 is 0. The van der Waals surface area contributed by atoms with Gasteiger partial charge in [-0.2, -0.15) is 0 Å². The van der Waals surface area contributed by atoms with Crippen LogP contribution in [0.3, 0.4) is 0 Å². The van der Waals surface area contributed by atoms with Crippen molar-refractivity contribution in [3.63, 3.8) is 0 Å². The molecular formula is C13H26N2O. The Labute approximate surface area is 99.5 Å². The van der Waals surface area contributed by atoms with Crippen LogP contribution in [0.4, 0.5) is 0 Å². The predicted molar refractivity (Wildman–Crippen MR) is 66.7 cm³/mol. The van der Waals surface area contributed by atoms with E-state index in [9.17, 15) is 0 Å². The van der Waals surface area contributed by atoms with Crippen LogP contribution in [0.1, 0.15) is 32.1 Å². The zero-order chi connectivity index (χ0) is 11.2. The van der Waals surface area contributed by atoms with Crippen LogP contribution in [0.2, 0.25) is 0 Å². The van der Waals surface area contributed by atoms with E-state index in [1.54, 1.807) is 7.11 Å². The highest BCUT2D eigenvalue weighted by molar-refractivity contribution is 4.85. The standard InChI is InChI=1S/C13H26N2O/c1-16-11-3-8-15-9-5-12(6-10-15)13-4-2-7-14-13/h12-14H,2-11H2,1H3. The van der Waals surface area contributed by atoms with E-state index < -0.39 is 0 Å². The summed E-state index contributed by atoms with van der Waals surface area (Å²) in [7, 11) is 1.79. The normalized spacial score (nSPS) is 28.7. The fraction of sp³-hybridized carbons (Fsp3) is 1.00. The highest BCUT2D eigenvalue weighted by Gasteiger charge is 2.27. The van der Waals surface area contributed by atoms with Crippen molar-refractivity contribution in [2.24, 2.45) is 5.92 Å². The molecule has 0 saturated carbocycles. The topological polar surface area (TPSA) is 24.5 Å². The molecule has 94 valence electrons. The van der Waals surface area contributed by atoms with E-state index in [1.165, 1.54) is 58.3 Å². The van der Waals surface area contributed by atoms with E-state index in [4.69, 9.17) is 4.74 Å². The zero-order valence-corrected chi connectivity index (χ0v) is 10.6. The van der Waals surface area contributed by atoms with Crippen molar-refractivity contribution in [3.05, 3.63) is 0 Å². The monoisotopic (exact) mass is 226 g/mol. The van der Waals surface area contributed by atoms with Crippen LogP contribution >= 0.6 is 0 Å². The Hall–Kier alpha value is -0.120. The van der Waals surface area contributed by atoms with E-state index >= 15 is 0 Å². The summed E-state index contributed by atoms with van der Waals surface area (Å²) in [4.78, 5) is 2.60. The van der Waals surface area contributed by atoms with Crippen LogP contribution in [0.15, 0.2) is 0 Å². The minimum atomic E-state index is 0.834. The van der Waals surface area contributed by atoms with Gasteiger partial charge in [-0.15, -0.1) is 0 Å². The van der Waals surface area contributed by atoms with E-state index in [0.29, 0.717) is 0 Å². The summed E-state index contributed by atoms with van der Waals surface area (Å²) in [6, 6.07) is 0.834. The lowest BCUT2D eigenvalue weighted by atomic mass is 9.88. The van der Waals surface area contributed by atoms with Gasteiger partial charge in [0.2, 0.25) is 0 Å². The van der Waals surface area contributed by atoms with Gasteiger partial charge >= 0.3 is 0 Å². The van der Waals surface area contributed by atoms with Crippen molar-refractivity contribution in [3.8, 4) is 0 Å². The molecule has 3 nitrogen and oxygen atoms in total. The van der Waals surface area contributed by atoms with Gasteiger partial charge in [-0.05, 0) is 57.7 Å². The molecule has 2 rings (SSSR count). The molecule has 0 bridgehead atoms. The Morgan fingerprint density at radius 2 is 2.06 bits per heavy atom. The second-order valence-electron chi connectivity index (χ2n) is 5.23. The Morgan fingerprint density at radius 3 is 2.69 bits per heavy atom. The summed E-state index contributed by atoms with van der Waals surface area (Å²) in [5, 5.41) is 3.65. The first-order chi connectivity index (χ1) is 7.90. The van der Waals surface area contributed by atoms with Gasteiger partial charge in [-0.3, -0.25) is 0 Å². The van der Waals surface area contributed by atoms with Crippen LogP contribution in [0, 0.1) is 5.92 Å². The molecule has 16 heavy (non-hydrogen) atoms. The van der Waals surface area contributed by atoms with Gasteiger partial charge in [0.1, 0.15) is 0 Å². The van der Waals surface area contributed by atoms with Crippen LogP contribution in [0.5, 0.6) is 0 Å². The maximum absolute atomic E-state index is 5.10. The number of hydrogen-bond acceptors (Lipinski definition) is 3. The number of nitrogens with zero attached hydrogens (tertiary/aromatic N) is 1. The van der Waals surface area contributed by atoms with E-state index in [2.05, 4.69) is 10.2 Å². The Kier molecular flexibility index (Phi) is 5.07. The fourth-order valence-electron chi connectivity index (χ4n) is 3.13. The molecule has 1 unspecified atom stereocenters. The fourth-order valence-corrected chi connectivity index (χ4v) is 3.13. The van der Waals surface area contributed by atoms with Crippen LogP contribution in [0.25, 0.3) is 0 Å². The molecule has 2 heterocycles. The average molecular weight is 226 g/mol. The summed E-state index contributed by atoms with van der Waals surface area (Å²) < 4.78 is 5.10. The Bertz CT molecular complexity index is 184. The van der Waals surface area contributed by atoms with Crippen LogP contribution in [-0.2, 0) is 4.74 Å². The first-order valence-electron chi connectivity index (χ1n) is 6.85. The number of nitrogens with one attached hydrogen (secondary N) is 1. The molecule has 0 aromatic heterocycles. The minimum absolute atomic E-state index is 0.834. The quantitative estimate of drug-likeness (QED) is 0.719. The highest BCUT2D eigenvalue weighted by atomic mass is 16.5. The molecule has 0 spiro atoms. The maximum Gasteiger partial charge on any atom is 0.0474 e. The molecule has 2 aliphatic heterocycles. The summed E-state index contributed by atoms with van der Waals surface area (Å²) in [6.07, 6.45) is 6.77. The molecule has 0 aromatic rings. The lowest BCUT2D eigenvalue weighted by Gasteiger charge is -2.34. The third-order valence-corrected chi connectivity index (χ3v) is 4.12. The van der Waals surface area contributed by atoms with Gasteiger partial charge in [-0.25, -0.2) is 0 Å². The highest BCUT2D eigenvalue weighted by Crippen LogP contribution is 2.25. The van der Waals surface area contributed by atoms with Gasteiger partial charge in [0, 0.05) is 26.3 Å². The third-order valence-electron chi connectivity index (χ3n) is 4.12. The van der Waals surface area contributed by atoms with Gasteiger partial charge in [0.05, 0.1) is 0 Å². The van der Waals surface area contributed by atoms with Gasteiger partial charge in [0.15, 0.2) is 0 Å². The lowest BCUT2D eigenvalue weighted by Crippen LogP contribution is -2.41. The molecule has 2 saturated heterocycles. The first kappa shape index (κ1) is 12.3. The summed E-state index contributed by atoms with van der Waals surface area (Å²) in [5.41, 5.74) is 0. The summed E-state index contributed by atoms with van der Waals surface area (Å²) in [6.45, 7) is 5.97. The molecule has 2 aliphatic rings. The molecule has 0 aromatic carbocycles. The molecule has 2 fully saturated rings. The SMILES string of the molecule is COCCCN1CCC(C2CCCN2)CC1. The average Bonchev–Trinajstić information content (AvgIpc) is 2.84. The van der Waals surface area contributed by atoms with Crippen molar-refractivity contribution in [1.29, 1.82) is 0 Å². The number of likely N-dealkylation sites (tertiary alicyclic amines) is 1. The van der Waals surface area contributed by atoms with Crippen molar-refractivity contribution >= 4 is 0 Å². The van der Waals surface area contributed by atoms with Gasteiger partial charge < -0.3 is 15.0 Å². The molecule has 1 atom stereocenters. The van der Waals surface area contributed by atoms with E-state index in [0.717, 1.165) is 18.6 Å². The lowest BCUT2D eigenvalue weighted by molar-refractivity contribution is 0.137. The number of rotatable bonds is 5. The van der Waals surface area contributed by atoms with Crippen molar-refractivity contribution in [2.45, 2.75) is 38.1 Å². The molecule has 0 aliphatic carbocycles. The number of ether oxygens (including phenoxy) is 1. The zero-order valence-electron chi connectivity index (χ0n) is 10.6. The molecular weight excluding hydrogens is 200 g/mol. The Balaban J connectivity index is 1.62. The van der Waals surface area contributed by atoms with Crippen molar-refractivity contribution < 1.29 is 4.74 Å². The largest absolute Gasteiger partial charge is 0.385 e. The minimum Gasteiger partial charge on any atom is -0.385 e. The second kappa shape index (κ2) is 6.58. The van der Waals surface area contributed by atoms with E-state index in [-0.39, 0.29) is 0 Å². The summed E-state index contributed by atoms with van der Waals surface area (Å²) in [5.74, 6) is 0.946. The maximum atomic E-state index is 5.10. The van der Waals surface area contributed by atoms with E-state index in [1.807, 2.05) is 0 Å².